The molecule has 0 unspecified atom stereocenters. The Labute approximate surface area is 131 Å². The van der Waals surface area contributed by atoms with Crippen LogP contribution < -0.4 is 5.32 Å². The van der Waals surface area contributed by atoms with Gasteiger partial charge in [-0.1, -0.05) is 18.2 Å². The molecule has 1 saturated heterocycles. The summed E-state index contributed by atoms with van der Waals surface area (Å²) in [5.74, 6) is 0.933. The standard InChI is InChI=1S/C16H21N3O2S/c1-22(20,21)15-5-3-2-4-13(15)12-16-18-10-11-19(16)14-6-8-17-9-7-14/h2-5,10-11,14,17H,6-9,12H2,1H3. The molecule has 0 bridgehead atoms. The van der Waals surface area contributed by atoms with E-state index in [-0.39, 0.29) is 0 Å². The van der Waals surface area contributed by atoms with Crippen molar-refractivity contribution in [2.45, 2.75) is 30.2 Å². The first-order valence-corrected chi connectivity index (χ1v) is 9.45. The molecule has 1 aliphatic rings. The molecule has 0 amide bonds. The molecular weight excluding hydrogens is 298 g/mol. The van der Waals surface area contributed by atoms with Crippen molar-refractivity contribution in [3.63, 3.8) is 0 Å². The molecule has 2 heterocycles. The second-order valence-corrected chi connectivity index (χ2v) is 7.77. The van der Waals surface area contributed by atoms with Crippen molar-refractivity contribution in [2.75, 3.05) is 19.3 Å². The van der Waals surface area contributed by atoms with Crippen LogP contribution in [0.2, 0.25) is 0 Å². The van der Waals surface area contributed by atoms with Gasteiger partial charge in [-0.25, -0.2) is 13.4 Å². The largest absolute Gasteiger partial charge is 0.332 e. The van der Waals surface area contributed by atoms with Crippen molar-refractivity contribution in [3.05, 3.63) is 48.0 Å². The van der Waals surface area contributed by atoms with E-state index in [2.05, 4.69) is 14.9 Å². The third kappa shape index (κ3) is 3.23. The van der Waals surface area contributed by atoms with Gasteiger partial charge in [0.15, 0.2) is 9.84 Å². The van der Waals surface area contributed by atoms with Gasteiger partial charge in [0.2, 0.25) is 0 Å². The zero-order valence-electron chi connectivity index (χ0n) is 12.7. The highest BCUT2D eigenvalue weighted by atomic mass is 32.2. The average molecular weight is 319 g/mol. The number of rotatable bonds is 4. The monoisotopic (exact) mass is 319 g/mol. The topological polar surface area (TPSA) is 64.0 Å². The summed E-state index contributed by atoms with van der Waals surface area (Å²) in [6, 6.07) is 7.63. The molecule has 6 heteroatoms. The van der Waals surface area contributed by atoms with Crippen molar-refractivity contribution in [2.24, 2.45) is 0 Å². The van der Waals surface area contributed by atoms with Crippen molar-refractivity contribution < 1.29 is 8.42 Å². The first-order chi connectivity index (χ1) is 10.6. The highest BCUT2D eigenvalue weighted by Crippen LogP contribution is 2.23. The Hall–Kier alpha value is -1.66. The third-order valence-corrected chi connectivity index (χ3v) is 5.37. The van der Waals surface area contributed by atoms with Gasteiger partial charge in [0.1, 0.15) is 5.82 Å². The molecule has 2 aromatic rings. The maximum absolute atomic E-state index is 11.9. The second-order valence-electron chi connectivity index (χ2n) is 5.79. The van der Waals surface area contributed by atoms with Crippen LogP contribution in [0, 0.1) is 0 Å². The Morgan fingerprint density at radius 1 is 1.27 bits per heavy atom. The van der Waals surface area contributed by atoms with E-state index in [1.54, 1.807) is 18.3 Å². The molecule has 1 aliphatic heterocycles. The molecule has 0 spiro atoms. The van der Waals surface area contributed by atoms with Crippen LogP contribution in [0.3, 0.4) is 0 Å². The molecule has 3 rings (SSSR count). The maximum atomic E-state index is 11.9. The van der Waals surface area contributed by atoms with Gasteiger partial charge >= 0.3 is 0 Å². The first kappa shape index (κ1) is 15.2. The molecule has 0 atom stereocenters. The van der Waals surface area contributed by atoms with Crippen LogP contribution in [0.25, 0.3) is 0 Å². The van der Waals surface area contributed by atoms with E-state index in [0.717, 1.165) is 37.3 Å². The molecule has 1 aromatic carbocycles. The highest BCUT2D eigenvalue weighted by Gasteiger charge is 2.19. The van der Waals surface area contributed by atoms with Crippen LogP contribution in [0.4, 0.5) is 0 Å². The molecule has 5 nitrogen and oxygen atoms in total. The minimum Gasteiger partial charge on any atom is -0.332 e. The summed E-state index contributed by atoms with van der Waals surface area (Å²) >= 11 is 0. The molecule has 22 heavy (non-hydrogen) atoms. The fourth-order valence-corrected chi connectivity index (χ4v) is 4.02. The minimum atomic E-state index is -3.22. The molecule has 1 N–H and O–H groups in total. The van der Waals surface area contributed by atoms with Crippen LogP contribution in [0.15, 0.2) is 41.6 Å². The first-order valence-electron chi connectivity index (χ1n) is 7.56. The van der Waals surface area contributed by atoms with E-state index in [1.165, 1.54) is 6.26 Å². The van der Waals surface area contributed by atoms with E-state index >= 15 is 0 Å². The summed E-state index contributed by atoms with van der Waals surface area (Å²) in [5.41, 5.74) is 0.811. The lowest BCUT2D eigenvalue weighted by Crippen LogP contribution is -2.30. The Balaban J connectivity index is 1.90. The van der Waals surface area contributed by atoms with E-state index in [1.807, 2.05) is 18.3 Å². The SMILES string of the molecule is CS(=O)(=O)c1ccccc1Cc1nccn1C1CCNCC1. The van der Waals surface area contributed by atoms with Crippen molar-refractivity contribution in [3.8, 4) is 0 Å². The van der Waals surface area contributed by atoms with Gasteiger partial charge < -0.3 is 9.88 Å². The zero-order valence-corrected chi connectivity index (χ0v) is 13.5. The molecule has 0 saturated carbocycles. The number of hydrogen-bond acceptors (Lipinski definition) is 4. The predicted molar refractivity (Wildman–Crippen MR) is 85.7 cm³/mol. The van der Waals surface area contributed by atoms with Crippen molar-refractivity contribution in [1.29, 1.82) is 0 Å². The lowest BCUT2D eigenvalue weighted by Gasteiger charge is -2.25. The van der Waals surface area contributed by atoms with Crippen LogP contribution in [-0.2, 0) is 16.3 Å². The van der Waals surface area contributed by atoms with Gasteiger partial charge in [0.25, 0.3) is 0 Å². The van der Waals surface area contributed by atoms with Gasteiger partial charge in [-0.2, -0.15) is 0 Å². The Bertz CT molecular complexity index is 746. The molecule has 118 valence electrons. The Morgan fingerprint density at radius 3 is 2.73 bits per heavy atom. The van der Waals surface area contributed by atoms with Gasteiger partial charge in [-0.05, 0) is 37.6 Å². The number of piperidine rings is 1. The van der Waals surface area contributed by atoms with Crippen molar-refractivity contribution >= 4 is 9.84 Å². The fraction of sp³-hybridized carbons (Fsp3) is 0.438. The summed E-state index contributed by atoms with van der Waals surface area (Å²) in [4.78, 5) is 4.86. The minimum absolute atomic E-state index is 0.398. The van der Waals surface area contributed by atoms with Crippen LogP contribution in [-0.4, -0.2) is 37.3 Å². The second kappa shape index (κ2) is 6.22. The Kier molecular flexibility index (Phi) is 4.31. The fourth-order valence-electron chi connectivity index (χ4n) is 3.08. The number of nitrogens with one attached hydrogen (secondary N) is 1. The quantitative estimate of drug-likeness (QED) is 0.933. The molecule has 1 fully saturated rings. The van der Waals surface area contributed by atoms with E-state index in [4.69, 9.17) is 0 Å². The number of aromatic nitrogens is 2. The van der Waals surface area contributed by atoms with E-state index in [0.29, 0.717) is 17.4 Å². The number of benzene rings is 1. The maximum Gasteiger partial charge on any atom is 0.175 e. The molecule has 0 radical (unpaired) electrons. The highest BCUT2D eigenvalue weighted by molar-refractivity contribution is 7.90. The lowest BCUT2D eigenvalue weighted by atomic mass is 10.1. The zero-order chi connectivity index (χ0) is 15.6. The average Bonchev–Trinajstić information content (AvgIpc) is 2.96. The summed E-state index contributed by atoms with van der Waals surface area (Å²) in [6.07, 6.45) is 7.77. The summed E-state index contributed by atoms with van der Waals surface area (Å²) < 4.78 is 26.1. The van der Waals surface area contributed by atoms with Crippen LogP contribution >= 0.6 is 0 Å². The predicted octanol–water partition coefficient (Wildman–Crippen LogP) is 1.80. The van der Waals surface area contributed by atoms with Crippen LogP contribution in [0.1, 0.15) is 30.3 Å². The van der Waals surface area contributed by atoms with Gasteiger partial charge in [-0.3, -0.25) is 0 Å². The van der Waals surface area contributed by atoms with E-state index in [9.17, 15) is 8.42 Å². The van der Waals surface area contributed by atoms with E-state index < -0.39 is 9.84 Å². The van der Waals surface area contributed by atoms with Crippen LogP contribution in [0.5, 0.6) is 0 Å². The van der Waals surface area contributed by atoms with Crippen molar-refractivity contribution in [1.82, 2.24) is 14.9 Å². The van der Waals surface area contributed by atoms with Gasteiger partial charge in [-0.15, -0.1) is 0 Å². The molecule has 1 aromatic heterocycles. The third-order valence-electron chi connectivity index (χ3n) is 4.17. The summed E-state index contributed by atoms with van der Waals surface area (Å²) in [6.45, 7) is 2.03. The lowest BCUT2D eigenvalue weighted by molar-refractivity contribution is 0.361. The number of hydrogen-bond donors (Lipinski definition) is 1. The molecule has 0 aliphatic carbocycles. The summed E-state index contributed by atoms with van der Waals surface area (Å²) in [7, 11) is -3.22. The molecular formula is C16H21N3O2S. The summed E-state index contributed by atoms with van der Waals surface area (Å²) in [5, 5.41) is 3.36. The number of nitrogens with zero attached hydrogens (tertiary/aromatic N) is 2. The van der Waals surface area contributed by atoms with Gasteiger partial charge in [0, 0.05) is 31.1 Å². The Morgan fingerprint density at radius 2 is 2.00 bits per heavy atom. The smallest absolute Gasteiger partial charge is 0.175 e. The number of imidazole rings is 1. The van der Waals surface area contributed by atoms with Gasteiger partial charge in [0.05, 0.1) is 4.90 Å². The number of sulfone groups is 1. The normalized spacial score (nSPS) is 16.8.